The third kappa shape index (κ3) is 1.59. The number of halogens is 2. The van der Waals surface area contributed by atoms with Gasteiger partial charge in [0.05, 0.1) is 15.7 Å². The Kier molecular flexibility index (Phi) is 2.60. The van der Waals surface area contributed by atoms with Gasteiger partial charge in [-0.05, 0) is 18.6 Å². The number of hydrogen-bond acceptors (Lipinski definition) is 2. The van der Waals surface area contributed by atoms with Crippen molar-refractivity contribution in [2.24, 2.45) is 5.73 Å². The maximum absolute atomic E-state index is 13.4. The van der Waals surface area contributed by atoms with Crippen LogP contribution in [-0.2, 0) is 10.8 Å². The van der Waals surface area contributed by atoms with E-state index in [0.29, 0.717) is 6.42 Å². The molecule has 1 aromatic carbocycles. The monoisotopic (exact) mass is 231 g/mol. The van der Waals surface area contributed by atoms with Crippen molar-refractivity contribution in [3.05, 3.63) is 29.3 Å². The first-order valence-corrected chi connectivity index (χ1v) is 5.87. The molecule has 0 bridgehead atoms. The first kappa shape index (κ1) is 10.7. The number of benzene rings is 1. The first-order chi connectivity index (χ1) is 7.02. The number of fused-ring (bicyclic) bond motifs is 1. The Bertz CT molecular complexity index is 436. The first-order valence-electron chi connectivity index (χ1n) is 4.66. The van der Waals surface area contributed by atoms with E-state index < -0.39 is 28.5 Å². The Morgan fingerprint density at radius 1 is 1.40 bits per heavy atom. The van der Waals surface area contributed by atoms with Crippen LogP contribution in [0.1, 0.15) is 24.9 Å². The van der Waals surface area contributed by atoms with Crippen molar-refractivity contribution >= 4 is 10.8 Å². The van der Waals surface area contributed by atoms with Gasteiger partial charge >= 0.3 is 0 Å². The molecule has 0 aliphatic carbocycles. The summed E-state index contributed by atoms with van der Waals surface area (Å²) in [5.74, 6) is -1.20. The lowest BCUT2D eigenvalue weighted by Crippen LogP contribution is -2.29. The lowest BCUT2D eigenvalue weighted by Gasteiger charge is -2.26. The zero-order chi connectivity index (χ0) is 11.2. The van der Waals surface area contributed by atoms with E-state index in [1.807, 2.05) is 0 Å². The van der Waals surface area contributed by atoms with Crippen molar-refractivity contribution < 1.29 is 13.0 Å². The summed E-state index contributed by atoms with van der Waals surface area (Å²) in [6, 6.07) is 1.46. The van der Waals surface area contributed by atoms with Crippen LogP contribution in [-0.4, -0.2) is 9.46 Å². The molecule has 3 atom stereocenters. The lowest BCUT2D eigenvalue weighted by atomic mass is 10.0. The lowest BCUT2D eigenvalue weighted by molar-refractivity contribution is 0.504. The topological polar surface area (TPSA) is 43.1 Å². The maximum atomic E-state index is 13.4. The molecule has 5 heteroatoms. The summed E-state index contributed by atoms with van der Waals surface area (Å²) >= 11 is 0. The van der Waals surface area contributed by atoms with E-state index in [0.717, 1.165) is 12.1 Å². The fourth-order valence-corrected chi connectivity index (χ4v) is 3.37. The molecule has 1 aliphatic rings. The minimum atomic E-state index is -1.50. The summed E-state index contributed by atoms with van der Waals surface area (Å²) in [6.07, 6.45) is 0.417. The second kappa shape index (κ2) is 3.64. The van der Waals surface area contributed by atoms with Crippen molar-refractivity contribution in [2.45, 2.75) is 29.5 Å². The summed E-state index contributed by atoms with van der Waals surface area (Å²) in [7, 11) is -1.50. The van der Waals surface area contributed by atoms with E-state index in [1.54, 1.807) is 6.92 Å². The highest BCUT2D eigenvalue weighted by atomic mass is 32.2. The molecule has 0 amide bonds. The Morgan fingerprint density at radius 3 is 2.67 bits per heavy atom. The average Bonchev–Trinajstić information content (AvgIpc) is 2.18. The summed E-state index contributed by atoms with van der Waals surface area (Å²) < 4.78 is 38.6. The fraction of sp³-hybridized carbons (Fsp3) is 0.400. The van der Waals surface area contributed by atoms with E-state index in [4.69, 9.17) is 5.73 Å². The number of hydrogen-bond donors (Lipinski definition) is 1. The molecule has 2 nitrogen and oxygen atoms in total. The van der Waals surface area contributed by atoms with E-state index in [-0.39, 0.29) is 15.7 Å². The van der Waals surface area contributed by atoms with Crippen LogP contribution in [0.4, 0.5) is 8.78 Å². The smallest absolute Gasteiger partial charge is 0.139 e. The predicted molar refractivity (Wildman–Crippen MR) is 53.8 cm³/mol. The summed E-state index contributed by atoms with van der Waals surface area (Å²) in [6.45, 7) is 1.73. The minimum absolute atomic E-state index is 0.0544. The maximum Gasteiger partial charge on any atom is 0.139 e. The van der Waals surface area contributed by atoms with Gasteiger partial charge in [-0.2, -0.15) is 0 Å². The van der Waals surface area contributed by atoms with Crippen LogP contribution >= 0.6 is 0 Å². The van der Waals surface area contributed by atoms with Gasteiger partial charge in [-0.1, -0.05) is 6.92 Å². The Labute approximate surface area is 88.9 Å². The number of nitrogens with two attached hydrogens (primary N) is 1. The molecule has 2 rings (SSSR count). The van der Waals surface area contributed by atoms with Crippen LogP contribution in [0.2, 0.25) is 0 Å². The van der Waals surface area contributed by atoms with Crippen LogP contribution in [0.25, 0.3) is 0 Å². The van der Waals surface area contributed by atoms with Crippen molar-refractivity contribution in [3.63, 3.8) is 0 Å². The average molecular weight is 231 g/mol. The zero-order valence-corrected chi connectivity index (χ0v) is 8.98. The highest BCUT2D eigenvalue weighted by Crippen LogP contribution is 2.35. The molecule has 0 fully saturated rings. The van der Waals surface area contributed by atoms with E-state index in [2.05, 4.69) is 0 Å². The van der Waals surface area contributed by atoms with Gasteiger partial charge in [-0.15, -0.1) is 0 Å². The van der Waals surface area contributed by atoms with Gasteiger partial charge in [0.2, 0.25) is 0 Å². The van der Waals surface area contributed by atoms with Gasteiger partial charge in [0.15, 0.2) is 0 Å². The Hall–Kier alpha value is -0.810. The summed E-state index contributed by atoms with van der Waals surface area (Å²) in [5, 5.41) is -0.233. The van der Waals surface area contributed by atoms with Gasteiger partial charge in [0.25, 0.3) is 0 Å². The van der Waals surface area contributed by atoms with Gasteiger partial charge < -0.3 is 5.73 Å². The fourth-order valence-electron chi connectivity index (χ4n) is 1.86. The standard InChI is InChI=1S/C10H11F2NOS/c1-5-4-8(13)9-6(11)2-3-7(12)10(9)15(5)14/h2-3,5,8H,4,13H2,1H3. The van der Waals surface area contributed by atoms with Crippen LogP contribution in [0, 0.1) is 11.6 Å². The second-order valence-corrected chi connectivity index (χ2v) is 5.53. The molecule has 0 radical (unpaired) electrons. The molecular weight excluding hydrogens is 220 g/mol. The molecular formula is C10H11F2NOS. The molecule has 0 saturated carbocycles. The SMILES string of the molecule is CC1CC(N)c2c(F)ccc(F)c2S1=O. The van der Waals surface area contributed by atoms with Gasteiger partial charge in [-0.25, -0.2) is 8.78 Å². The molecule has 3 unspecified atom stereocenters. The molecule has 1 heterocycles. The van der Waals surface area contributed by atoms with Crippen molar-refractivity contribution in [1.29, 1.82) is 0 Å². The van der Waals surface area contributed by atoms with E-state index >= 15 is 0 Å². The Balaban J connectivity index is 2.70. The zero-order valence-electron chi connectivity index (χ0n) is 8.17. The predicted octanol–water partition coefficient (Wildman–Crippen LogP) is 1.86. The van der Waals surface area contributed by atoms with Crippen LogP contribution < -0.4 is 5.73 Å². The molecule has 2 N–H and O–H groups in total. The molecule has 1 aromatic rings. The molecule has 0 spiro atoms. The normalized spacial score (nSPS) is 30.0. The molecule has 0 saturated heterocycles. The quantitative estimate of drug-likeness (QED) is 0.740. The highest BCUT2D eigenvalue weighted by Gasteiger charge is 2.32. The van der Waals surface area contributed by atoms with Gasteiger partial charge in [-0.3, -0.25) is 4.21 Å². The van der Waals surface area contributed by atoms with Gasteiger partial charge in [0.1, 0.15) is 11.6 Å². The third-order valence-corrected chi connectivity index (χ3v) is 4.36. The van der Waals surface area contributed by atoms with Crippen molar-refractivity contribution in [1.82, 2.24) is 0 Å². The molecule has 0 aromatic heterocycles. The van der Waals surface area contributed by atoms with E-state index in [1.165, 1.54) is 0 Å². The summed E-state index contributed by atoms with van der Waals surface area (Å²) in [4.78, 5) is -0.0544. The van der Waals surface area contributed by atoms with E-state index in [9.17, 15) is 13.0 Å². The van der Waals surface area contributed by atoms with Gasteiger partial charge in [0, 0.05) is 16.9 Å². The summed E-state index contributed by atoms with van der Waals surface area (Å²) in [5.41, 5.74) is 5.80. The van der Waals surface area contributed by atoms with Crippen LogP contribution in [0.5, 0.6) is 0 Å². The Morgan fingerprint density at radius 2 is 2.00 bits per heavy atom. The minimum Gasteiger partial charge on any atom is -0.324 e. The third-order valence-electron chi connectivity index (χ3n) is 2.62. The van der Waals surface area contributed by atoms with Crippen LogP contribution in [0.15, 0.2) is 17.0 Å². The highest BCUT2D eigenvalue weighted by molar-refractivity contribution is 7.85. The second-order valence-electron chi connectivity index (χ2n) is 3.72. The van der Waals surface area contributed by atoms with Crippen LogP contribution in [0.3, 0.4) is 0 Å². The molecule has 15 heavy (non-hydrogen) atoms. The van der Waals surface area contributed by atoms with Crippen molar-refractivity contribution in [3.8, 4) is 0 Å². The van der Waals surface area contributed by atoms with Crippen molar-refractivity contribution in [2.75, 3.05) is 0 Å². The largest absolute Gasteiger partial charge is 0.324 e. The molecule has 82 valence electrons. The molecule has 1 aliphatic heterocycles. The number of rotatable bonds is 0.